The maximum Gasteiger partial charge on any atom is 0.119 e. The highest BCUT2D eigenvalue weighted by atomic mass is 16.5. The van der Waals surface area contributed by atoms with Crippen molar-refractivity contribution in [2.75, 3.05) is 13.2 Å². The highest BCUT2D eigenvalue weighted by Gasteiger charge is 2.37. The number of aryl methyl sites for hydroxylation is 2. The third-order valence-electron chi connectivity index (χ3n) is 20.3. The summed E-state index contributed by atoms with van der Waals surface area (Å²) in [6.07, 6.45) is 38.7. The predicted octanol–water partition coefficient (Wildman–Crippen LogP) is 26.5. The molecule has 0 saturated heterocycles. The van der Waals surface area contributed by atoms with Gasteiger partial charge in [0.15, 0.2) is 0 Å². The van der Waals surface area contributed by atoms with Crippen LogP contribution in [0, 0.1) is 0 Å². The van der Waals surface area contributed by atoms with Gasteiger partial charge >= 0.3 is 0 Å². The number of fused-ring (bicyclic) bond motifs is 10. The van der Waals surface area contributed by atoms with Gasteiger partial charge in [0.2, 0.25) is 0 Å². The third kappa shape index (κ3) is 15.5. The Hall–Kier alpha value is -6.90. The zero-order valence-electron chi connectivity index (χ0n) is 55.8. The Morgan fingerprint density at radius 2 is 0.600 bits per heavy atom. The average molecular weight is 1200 g/mol. The molecule has 0 radical (unpaired) electrons. The van der Waals surface area contributed by atoms with E-state index in [-0.39, 0.29) is 11.8 Å². The molecule has 0 spiro atoms. The maximum absolute atomic E-state index is 6.58. The lowest BCUT2D eigenvalue weighted by molar-refractivity contribution is 0.304. The van der Waals surface area contributed by atoms with E-state index < -0.39 is 0 Å². The van der Waals surface area contributed by atoms with Gasteiger partial charge in [0, 0.05) is 11.8 Å². The summed E-state index contributed by atoms with van der Waals surface area (Å²) in [5, 5.41) is 5.29. The summed E-state index contributed by atoms with van der Waals surface area (Å²) in [6.45, 7) is 10.7. The van der Waals surface area contributed by atoms with Crippen LogP contribution >= 0.6 is 0 Å². The molecule has 0 fully saturated rings. The van der Waals surface area contributed by atoms with Gasteiger partial charge in [-0.05, 0) is 173 Å². The van der Waals surface area contributed by atoms with Crippen molar-refractivity contribution in [2.24, 2.45) is 0 Å². The predicted molar refractivity (Wildman–Crippen MR) is 388 cm³/mol. The first-order chi connectivity index (χ1) is 44.6. The molecule has 0 N–H and O–H groups in total. The smallest absolute Gasteiger partial charge is 0.119 e. The van der Waals surface area contributed by atoms with Gasteiger partial charge in [-0.15, -0.1) is 0 Å². The molecule has 2 unspecified atom stereocenters. The van der Waals surface area contributed by atoms with E-state index in [1.165, 1.54) is 278 Å². The van der Waals surface area contributed by atoms with E-state index in [0.717, 1.165) is 50.4 Å². The molecule has 0 amide bonds. The topological polar surface area (TPSA) is 18.5 Å². The Labute approximate surface area is 543 Å². The van der Waals surface area contributed by atoms with E-state index in [4.69, 9.17) is 9.47 Å². The van der Waals surface area contributed by atoms with E-state index in [0.29, 0.717) is 0 Å². The van der Waals surface area contributed by atoms with Crippen LogP contribution in [0.4, 0.5) is 0 Å². The number of rotatable bonds is 38. The zero-order valence-corrected chi connectivity index (χ0v) is 55.8. The molecule has 2 heteroatoms. The van der Waals surface area contributed by atoms with Crippen LogP contribution in [0.2, 0.25) is 0 Å². The summed E-state index contributed by atoms with van der Waals surface area (Å²) in [4.78, 5) is 0. The van der Waals surface area contributed by atoms with Crippen molar-refractivity contribution < 1.29 is 9.47 Å². The van der Waals surface area contributed by atoms with Crippen LogP contribution < -0.4 is 9.47 Å². The number of unbranched alkanes of at least 4 members (excludes halogenated alkanes) is 24. The molecule has 0 heterocycles. The SMILES string of the molecule is CCCCCCCCCCc1ccc(C2c3ccccc3-c3ccc4c(-c5ccc(OCCCCCCCC)cc5)c5c6c(ccc5c(-c5ccc(OCCCCCCCC)cc5)c4c32)-c2ccccc2C6c2ccc(CCCCCCCCCC)cc2)cc1. The third-order valence-corrected chi connectivity index (χ3v) is 20.3. The van der Waals surface area contributed by atoms with Crippen LogP contribution in [0.25, 0.3) is 66.1 Å². The van der Waals surface area contributed by atoms with E-state index in [1.807, 2.05) is 0 Å². The lowest BCUT2D eigenvalue weighted by atomic mass is 9.77. The van der Waals surface area contributed by atoms with Crippen molar-refractivity contribution >= 4 is 21.5 Å². The lowest BCUT2D eigenvalue weighted by Gasteiger charge is -2.26. The maximum atomic E-state index is 6.58. The Morgan fingerprint density at radius 1 is 0.278 bits per heavy atom. The summed E-state index contributed by atoms with van der Waals surface area (Å²) in [6, 6.07) is 66.9. The second kappa shape index (κ2) is 33.4. The molecular weight excluding hydrogens is 1090 g/mol. The first-order valence-corrected chi connectivity index (χ1v) is 36.5. The lowest BCUT2D eigenvalue weighted by Crippen LogP contribution is -2.05. The number of hydrogen-bond acceptors (Lipinski definition) is 2. The normalized spacial score (nSPS) is 13.9. The minimum Gasteiger partial charge on any atom is -0.494 e. The van der Waals surface area contributed by atoms with Crippen molar-refractivity contribution in [2.45, 2.75) is 232 Å². The Kier molecular flexibility index (Phi) is 24.0. The van der Waals surface area contributed by atoms with Crippen molar-refractivity contribution in [1.82, 2.24) is 0 Å². The van der Waals surface area contributed by atoms with Crippen LogP contribution in [0.3, 0.4) is 0 Å². The van der Waals surface area contributed by atoms with Crippen LogP contribution in [0.1, 0.15) is 264 Å². The minimum atomic E-state index is 0.0505. The minimum absolute atomic E-state index is 0.0505. The molecule has 2 nitrogen and oxygen atoms in total. The Bertz CT molecular complexity index is 3410. The van der Waals surface area contributed by atoms with Crippen LogP contribution in [-0.4, -0.2) is 13.2 Å². The summed E-state index contributed by atoms with van der Waals surface area (Å²) < 4.78 is 13.2. The van der Waals surface area contributed by atoms with Gasteiger partial charge in [0.05, 0.1) is 13.2 Å². The second-order valence-corrected chi connectivity index (χ2v) is 26.9. The molecule has 0 saturated carbocycles. The van der Waals surface area contributed by atoms with Gasteiger partial charge in [-0.3, -0.25) is 0 Å². The van der Waals surface area contributed by atoms with E-state index in [1.54, 1.807) is 0 Å². The van der Waals surface area contributed by atoms with Gasteiger partial charge in [-0.2, -0.15) is 0 Å². The van der Waals surface area contributed by atoms with Gasteiger partial charge in [0.1, 0.15) is 11.5 Å². The molecule has 2 atom stereocenters. The monoisotopic (exact) mass is 1190 g/mol. The summed E-state index contributed by atoms with van der Waals surface area (Å²) in [7, 11) is 0. The number of ether oxygens (including phenoxy) is 2. The quantitative estimate of drug-likeness (QED) is 0.0284. The first kappa shape index (κ1) is 64.6. The molecular formula is C88H106O2. The fourth-order valence-electron chi connectivity index (χ4n) is 15.4. The summed E-state index contributed by atoms with van der Waals surface area (Å²) >= 11 is 0. The molecule has 2 aliphatic rings. The molecule has 9 aromatic rings. The van der Waals surface area contributed by atoms with Gasteiger partial charge in [-0.25, -0.2) is 0 Å². The summed E-state index contributed by atoms with van der Waals surface area (Å²) in [5.41, 5.74) is 21.7. The van der Waals surface area contributed by atoms with Crippen molar-refractivity contribution in [3.8, 4) is 56.0 Å². The number of hydrogen-bond donors (Lipinski definition) is 0. The van der Waals surface area contributed by atoms with Crippen LogP contribution in [0.15, 0.2) is 170 Å². The molecule has 0 aromatic heterocycles. The van der Waals surface area contributed by atoms with E-state index >= 15 is 0 Å². The van der Waals surface area contributed by atoms with Gasteiger partial charge in [0.25, 0.3) is 0 Å². The molecule has 0 aliphatic heterocycles. The Balaban J connectivity index is 1.06. The van der Waals surface area contributed by atoms with Gasteiger partial charge < -0.3 is 9.47 Å². The Morgan fingerprint density at radius 3 is 0.956 bits per heavy atom. The fourth-order valence-corrected chi connectivity index (χ4v) is 15.4. The van der Waals surface area contributed by atoms with Crippen LogP contribution in [0.5, 0.6) is 11.5 Å². The summed E-state index contributed by atoms with van der Waals surface area (Å²) in [5.74, 6) is 1.99. The van der Waals surface area contributed by atoms with Gasteiger partial charge in [-0.1, -0.05) is 327 Å². The molecule has 0 bridgehead atoms. The highest BCUT2D eigenvalue weighted by molar-refractivity contribution is 6.25. The first-order valence-electron chi connectivity index (χ1n) is 36.5. The largest absolute Gasteiger partial charge is 0.494 e. The number of benzene rings is 9. The van der Waals surface area contributed by atoms with Crippen LogP contribution in [-0.2, 0) is 12.8 Å². The molecule has 90 heavy (non-hydrogen) atoms. The molecule has 2 aliphatic carbocycles. The molecule has 470 valence electrons. The van der Waals surface area contributed by atoms with E-state index in [9.17, 15) is 0 Å². The van der Waals surface area contributed by atoms with E-state index in [2.05, 4.69) is 198 Å². The highest BCUT2D eigenvalue weighted by Crippen LogP contribution is 2.59. The fraction of sp³-hybridized carbons (Fsp3) is 0.432. The average Bonchev–Trinajstić information content (AvgIpc) is 1.42. The second-order valence-electron chi connectivity index (χ2n) is 26.9. The standard InChI is InChI=1S/C88H106O2/c1-5-9-13-17-21-23-25-29-37-65-43-47-67(48-44-65)81-75-41-33-31-39-73(75)77-59-61-79-84(70-53-57-72(58-54-70)90-64-36-28-20-16-12-8-4)88-80(83(87(79)85(77)81)69-51-55-71(56-52-69)89-63-35-27-19-15-11-7-3)62-60-78-74-40-32-34-42-76(74)82(86(78)88)68-49-45-66(46-50-68)38-30-26-24-22-18-14-10-6-2/h31-34,39-62,81-82H,5-30,35-38,63-64H2,1-4H3. The zero-order chi connectivity index (χ0) is 61.7. The molecule has 11 rings (SSSR count). The van der Waals surface area contributed by atoms with Crippen molar-refractivity contribution in [3.63, 3.8) is 0 Å². The van der Waals surface area contributed by atoms with Crippen molar-refractivity contribution in [3.05, 3.63) is 214 Å². The van der Waals surface area contributed by atoms with Crippen molar-refractivity contribution in [1.29, 1.82) is 0 Å². The molecule has 9 aromatic carbocycles.